The predicted octanol–water partition coefficient (Wildman–Crippen LogP) is 3.46. The molecule has 5 atom stereocenters. The lowest BCUT2D eigenvalue weighted by Gasteiger charge is -2.40. The Bertz CT molecular complexity index is 251. The van der Waals surface area contributed by atoms with E-state index in [4.69, 9.17) is 4.74 Å². The van der Waals surface area contributed by atoms with Gasteiger partial charge in [0.1, 0.15) is 0 Å². The van der Waals surface area contributed by atoms with Gasteiger partial charge in [-0.25, -0.2) is 0 Å². The summed E-state index contributed by atoms with van der Waals surface area (Å²) >= 11 is 0. The van der Waals surface area contributed by atoms with Crippen molar-refractivity contribution in [2.75, 3.05) is 13.7 Å². The van der Waals surface area contributed by atoms with Crippen molar-refractivity contribution in [1.82, 2.24) is 5.32 Å². The van der Waals surface area contributed by atoms with Crippen molar-refractivity contribution >= 4 is 0 Å². The van der Waals surface area contributed by atoms with Crippen LogP contribution in [0.15, 0.2) is 0 Å². The molecular weight excluding hydrogens is 222 g/mol. The third-order valence-corrected chi connectivity index (χ3v) is 5.30. The van der Waals surface area contributed by atoms with E-state index >= 15 is 0 Å². The van der Waals surface area contributed by atoms with Crippen LogP contribution in [0.3, 0.4) is 0 Å². The Morgan fingerprint density at radius 1 is 1.06 bits per heavy atom. The molecular formula is C16H31NO. The monoisotopic (exact) mass is 253 g/mol. The molecule has 2 aliphatic carbocycles. The van der Waals surface area contributed by atoms with Gasteiger partial charge in [0.15, 0.2) is 0 Å². The van der Waals surface area contributed by atoms with Gasteiger partial charge in [-0.2, -0.15) is 0 Å². The second kappa shape index (κ2) is 6.38. The topological polar surface area (TPSA) is 21.3 Å². The lowest BCUT2D eigenvalue weighted by molar-refractivity contribution is 0.0157. The lowest BCUT2D eigenvalue weighted by atomic mass is 9.72. The highest BCUT2D eigenvalue weighted by Crippen LogP contribution is 2.41. The lowest BCUT2D eigenvalue weighted by Crippen LogP contribution is -2.49. The Hall–Kier alpha value is -0.0800. The summed E-state index contributed by atoms with van der Waals surface area (Å²) in [5.41, 5.74) is 0. The summed E-state index contributed by atoms with van der Waals surface area (Å²) in [7, 11) is 1.90. The maximum atomic E-state index is 5.84. The zero-order valence-electron chi connectivity index (χ0n) is 12.6. The average molecular weight is 253 g/mol. The van der Waals surface area contributed by atoms with Gasteiger partial charge in [-0.05, 0) is 55.9 Å². The molecule has 106 valence electrons. The number of nitrogens with one attached hydrogen (secondary N) is 1. The summed E-state index contributed by atoms with van der Waals surface area (Å²) in [4.78, 5) is 0. The van der Waals surface area contributed by atoms with Crippen molar-refractivity contribution in [3.05, 3.63) is 0 Å². The molecule has 18 heavy (non-hydrogen) atoms. The molecule has 2 heteroatoms. The highest BCUT2D eigenvalue weighted by molar-refractivity contribution is 4.95. The third-order valence-electron chi connectivity index (χ3n) is 5.30. The Morgan fingerprint density at radius 2 is 1.72 bits per heavy atom. The number of methoxy groups -OCH3 is 1. The van der Waals surface area contributed by atoms with Gasteiger partial charge >= 0.3 is 0 Å². The molecule has 0 amide bonds. The first kappa shape index (κ1) is 14.3. The van der Waals surface area contributed by atoms with Crippen LogP contribution in [0.5, 0.6) is 0 Å². The van der Waals surface area contributed by atoms with Crippen LogP contribution in [0.2, 0.25) is 0 Å². The minimum Gasteiger partial charge on any atom is -0.380 e. The van der Waals surface area contributed by atoms with E-state index < -0.39 is 0 Å². The molecule has 2 nitrogen and oxygen atoms in total. The minimum atomic E-state index is 0.454. The maximum absolute atomic E-state index is 5.84. The Labute approximate surface area is 113 Å². The number of ether oxygens (including phenoxy) is 1. The fourth-order valence-corrected chi connectivity index (χ4v) is 3.76. The van der Waals surface area contributed by atoms with Gasteiger partial charge in [0.05, 0.1) is 6.10 Å². The smallest absolute Gasteiger partial charge is 0.0755 e. The number of hydrogen-bond acceptors (Lipinski definition) is 2. The second-order valence-corrected chi connectivity index (χ2v) is 6.65. The van der Waals surface area contributed by atoms with E-state index in [1.165, 1.54) is 32.1 Å². The van der Waals surface area contributed by atoms with E-state index in [2.05, 4.69) is 26.1 Å². The van der Waals surface area contributed by atoms with E-state index in [9.17, 15) is 0 Å². The van der Waals surface area contributed by atoms with Gasteiger partial charge in [0, 0.05) is 13.2 Å². The van der Waals surface area contributed by atoms with Crippen LogP contribution in [-0.2, 0) is 4.74 Å². The first-order chi connectivity index (χ1) is 8.67. The normalized spacial score (nSPS) is 36.3. The predicted molar refractivity (Wildman–Crippen MR) is 76.7 cm³/mol. The van der Waals surface area contributed by atoms with Crippen molar-refractivity contribution in [2.24, 2.45) is 23.7 Å². The van der Waals surface area contributed by atoms with Gasteiger partial charge in [-0.15, -0.1) is 0 Å². The summed E-state index contributed by atoms with van der Waals surface area (Å²) in [6.45, 7) is 8.13. The van der Waals surface area contributed by atoms with E-state index in [0.717, 1.165) is 30.2 Å². The molecule has 0 aromatic carbocycles. The standard InChI is InChI=1S/C16H31NO/c1-5-17-15(16(18-4)13-8-9-13)14-7-6-11(2)12(3)10-14/h11-17H,5-10H2,1-4H3. The van der Waals surface area contributed by atoms with Crippen LogP contribution >= 0.6 is 0 Å². The summed E-state index contributed by atoms with van der Waals surface area (Å²) in [6.07, 6.45) is 7.37. The van der Waals surface area contributed by atoms with Crippen LogP contribution in [0.4, 0.5) is 0 Å². The fourth-order valence-electron chi connectivity index (χ4n) is 3.76. The first-order valence-corrected chi connectivity index (χ1v) is 7.93. The second-order valence-electron chi connectivity index (χ2n) is 6.65. The van der Waals surface area contributed by atoms with Crippen molar-refractivity contribution in [2.45, 2.75) is 65.0 Å². The Balaban J connectivity index is 1.99. The van der Waals surface area contributed by atoms with Crippen LogP contribution < -0.4 is 5.32 Å². The van der Waals surface area contributed by atoms with Crippen molar-refractivity contribution in [3.63, 3.8) is 0 Å². The fraction of sp³-hybridized carbons (Fsp3) is 1.00. The van der Waals surface area contributed by atoms with Crippen molar-refractivity contribution < 1.29 is 4.74 Å². The van der Waals surface area contributed by atoms with Crippen LogP contribution in [0, 0.1) is 23.7 Å². The Morgan fingerprint density at radius 3 is 2.22 bits per heavy atom. The SMILES string of the molecule is CCNC(C1CCC(C)C(C)C1)C(OC)C1CC1. The van der Waals surface area contributed by atoms with Crippen molar-refractivity contribution in [1.29, 1.82) is 0 Å². The van der Waals surface area contributed by atoms with Gasteiger partial charge in [-0.3, -0.25) is 0 Å². The zero-order chi connectivity index (χ0) is 13.1. The first-order valence-electron chi connectivity index (χ1n) is 7.93. The van der Waals surface area contributed by atoms with E-state index in [-0.39, 0.29) is 0 Å². The van der Waals surface area contributed by atoms with E-state index in [1.54, 1.807) is 0 Å². The van der Waals surface area contributed by atoms with Gasteiger partial charge in [0.25, 0.3) is 0 Å². The third kappa shape index (κ3) is 3.27. The van der Waals surface area contributed by atoms with E-state index in [1.807, 2.05) is 7.11 Å². The average Bonchev–Trinajstić information content (AvgIpc) is 3.17. The maximum Gasteiger partial charge on any atom is 0.0755 e. The molecule has 0 aromatic rings. The molecule has 0 aliphatic heterocycles. The molecule has 0 radical (unpaired) electrons. The minimum absolute atomic E-state index is 0.454. The number of rotatable bonds is 6. The molecule has 0 bridgehead atoms. The number of hydrogen-bond donors (Lipinski definition) is 1. The molecule has 2 rings (SSSR count). The summed E-state index contributed by atoms with van der Waals surface area (Å²) in [6, 6.07) is 0.586. The van der Waals surface area contributed by atoms with Gasteiger partial charge in [0.2, 0.25) is 0 Å². The summed E-state index contributed by atoms with van der Waals surface area (Å²) in [5.74, 6) is 3.43. The van der Waals surface area contributed by atoms with Gasteiger partial charge in [-0.1, -0.05) is 27.2 Å². The highest BCUT2D eigenvalue weighted by Gasteiger charge is 2.41. The quantitative estimate of drug-likeness (QED) is 0.782. The molecule has 5 unspecified atom stereocenters. The molecule has 2 fully saturated rings. The van der Waals surface area contributed by atoms with Crippen LogP contribution in [0.1, 0.15) is 52.9 Å². The van der Waals surface area contributed by atoms with Gasteiger partial charge < -0.3 is 10.1 Å². The van der Waals surface area contributed by atoms with E-state index in [0.29, 0.717) is 12.1 Å². The molecule has 2 aliphatic rings. The molecule has 0 saturated heterocycles. The molecule has 0 heterocycles. The van der Waals surface area contributed by atoms with Crippen molar-refractivity contribution in [3.8, 4) is 0 Å². The number of likely N-dealkylation sites (N-methyl/N-ethyl adjacent to an activating group) is 1. The molecule has 0 spiro atoms. The highest BCUT2D eigenvalue weighted by atomic mass is 16.5. The summed E-state index contributed by atoms with van der Waals surface area (Å²) in [5, 5.41) is 3.74. The summed E-state index contributed by atoms with van der Waals surface area (Å²) < 4.78 is 5.84. The zero-order valence-corrected chi connectivity index (χ0v) is 12.6. The molecule has 2 saturated carbocycles. The molecule has 0 aromatic heterocycles. The largest absolute Gasteiger partial charge is 0.380 e. The van der Waals surface area contributed by atoms with Crippen LogP contribution in [-0.4, -0.2) is 25.8 Å². The van der Waals surface area contributed by atoms with Crippen LogP contribution in [0.25, 0.3) is 0 Å². The molecule has 1 N–H and O–H groups in total. The Kier molecular flexibility index (Phi) is 5.08.